The number of carbonyl (C=O) groups is 1. The van der Waals surface area contributed by atoms with Crippen molar-refractivity contribution in [3.05, 3.63) is 0 Å². The monoisotopic (exact) mass is 213 g/mol. The summed E-state index contributed by atoms with van der Waals surface area (Å²) in [5.74, 6) is 0.307. The first kappa shape index (κ1) is 12.5. The molecule has 1 rings (SSSR count). The predicted octanol–water partition coefficient (Wildman–Crippen LogP) is 2.20. The van der Waals surface area contributed by atoms with Gasteiger partial charge in [0.2, 0.25) is 5.91 Å². The second-order valence-electron chi connectivity index (χ2n) is 4.16. The van der Waals surface area contributed by atoms with Gasteiger partial charge in [-0.2, -0.15) is 0 Å². The summed E-state index contributed by atoms with van der Waals surface area (Å²) in [6.07, 6.45) is 5.26. The van der Waals surface area contributed by atoms with Crippen LogP contribution in [0.4, 0.5) is 0 Å². The van der Waals surface area contributed by atoms with E-state index in [4.69, 9.17) is 4.74 Å². The summed E-state index contributed by atoms with van der Waals surface area (Å²) in [5.41, 5.74) is 0. The summed E-state index contributed by atoms with van der Waals surface area (Å²) >= 11 is 0. The Bertz CT molecular complexity index is 192. The van der Waals surface area contributed by atoms with Gasteiger partial charge in [-0.1, -0.05) is 13.3 Å². The van der Waals surface area contributed by atoms with Gasteiger partial charge in [-0.05, 0) is 26.2 Å². The standard InChI is InChI=1S/C12H23NO2/c1-3-5-8-12(14)13-9-6-7-11(10-13)15-4-2/h11H,3-10H2,1-2H3/t11-/m1/s1. The van der Waals surface area contributed by atoms with Gasteiger partial charge < -0.3 is 9.64 Å². The SMILES string of the molecule is CCCCC(=O)N1CCC[C@@H](OCC)C1. The van der Waals surface area contributed by atoms with Gasteiger partial charge in [0.25, 0.3) is 0 Å². The lowest BCUT2D eigenvalue weighted by Crippen LogP contribution is -2.43. The first-order chi connectivity index (χ1) is 7.27. The molecule has 1 aliphatic rings. The Morgan fingerprint density at radius 1 is 1.47 bits per heavy atom. The third-order valence-corrected chi connectivity index (χ3v) is 2.88. The number of hydrogen-bond donors (Lipinski definition) is 0. The van der Waals surface area contributed by atoms with Crippen molar-refractivity contribution >= 4 is 5.91 Å². The first-order valence-corrected chi connectivity index (χ1v) is 6.17. The second-order valence-corrected chi connectivity index (χ2v) is 4.16. The van der Waals surface area contributed by atoms with Crippen LogP contribution in [0, 0.1) is 0 Å². The molecular weight excluding hydrogens is 190 g/mol. The highest BCUT2D eigenvalue weighted by Gasteiger charge is 2.22. The number of piperidine rings is 1. The van der Waals surface area contributed by atoms with E-state index in [-0.39, 0.29) is 6.10 Å². The van der Waals surface area contributed by atoms with E-state index in [1.807, 2.05) is 11.8 Å². The summed E-state index contributed by atoms with van der Waals surface area (Å²) in [6.45, 7) is 6.61. The van der Waals surface area contributed by atoms with Crippen molar-refractivity contribution in [2.75, 3.05) is 19.7 Å². The van der Waals surface area contributed by atoms with E-state index in [9.17, 15) is 4.79 Å². The zero-order valence-corrected chi connectivity index (χ0v) is 10.00. The molecule has 0 aliphatic carbocycles. The molecule has 0 aromatic rings. The van der Waals surface area contributed by atoms with Gasteiger partial charge in [0.1, 0.15) is 0 Å². The molecule has 1 aliphatic heterocycles. The zero-order chi connectivity index (χ0) is 11.1. The van der Waals surface area contributed by atoms with Crippen LogP contribution < -0.4 is 0 Å². The van der Waals surface area contributed by atoms with Gasteiger partial charge in [0, 0.05) is 26.1 Å². The fraction of sp³-hybridized carbons (Fsp3) is 0.917. The number of nitrogens with zero attached hydrogens (tertiary/aromatic N) is 1. The van der Waals surface area contributed by atoms with Gasteiger partial charge >= 0.3 is 0 Å². The van der Waals surface area contributed by atoms with E-state index in [0.29, 0.717) is 12.3 Å². The van der Waals surface area contributed by atoms with Crippen LogP contribution >= 0.6 is 0 Å². The van der Waals surface area contributed by atoms with Gasteiger partial charge in [0.05, 0.1) is 6.10 Å². The first-order valence-electron chi connectivity index (χ1n) is 6.17. The zero-order valence-electron chi connectivity index (χ0n) is 10.00. The average molecular weight is 213 g/mol. The lowest BCUT2D eigenvalue weighted by atomic mass is 10.1. The van der Waals surface area contributed by atoms with Crippen molar-refractivity contribution in [1.82, 2.24) is 4.90 Å². The number of rotatable bonds is 5. The topological polar surface area (TPSA) is 29.5 Å². The summed E-state index contributed by atoms with van der Waals surface area (Å²) in [4.78, 5) is 13.7. The molecular formula is C12H23NO2. The maximum atomic E-state index is 11.8. The minimum atomic E-state index is 0.273. The van der Waals surface area contributed by atoms with Gasteiger partial charge in [-0.3, -0.25) is 4.79 Å². The van der Waals surface area contributed by atoms with E-state index in [1.54, 1.807) is 0 Å². The fourth-order valence-electron chi connectivity index (χ4n) is 2.02. The molecule has 0 bridgehead atoms. The highest BCUT2D eigenvalue weighted by molar-refractivity contribution is 5.76. The van der Waals surface area contributed by atoms with Gasteiger partial charge in [-0.15, -0.1) is 0 Å². The van der Waals surface area contributed by atoms with Crippen molar-refractivity contribution < 1.29 is 9.53 Å². The van der Waals surface area contributed by atoms with Crippen molar-refractivity contribution in [3.8, 4) is 0 Å². The highest BCUT2D eigenvalue weighted by Crippen LogP contribution is 2.14. The van der Waals surface area contributed by atoms with Crippen LogP contribution in [0.2, 0.25) is 0 Å². The Kier molecular flexibility index (Phi) is 5.69. The van der Waals surface area contributed by atoms with Crippen LogP contribution in [0.1, 0.15) is 46.0 Å². The minimum Gasteiger partial charge on any atom is -0.377 e. The van der Waals surface area contributed by atoms with Crippen molar-refractivity contribution in [3.63, 3.8) is 0 Å². The lowest BCUT2D eigenvalue weighted by molar-refractivity contribution is -0.135. The van der Waals surface area contributed by atoms with Gasteiger partial charge in [0.15, 0.2) is 0 Å². The smallest absolute Gasteiger partial charge is 0.222 e. The molecule has 0 unspecified atom stereocenters. The molecule has 15 heavy (non-hydrogen) atoms. The van der Waals surface area contributed by atoms with Crippen molar-refractivity contribution in [2.45, 2.75) is 52.1 Å². The third-order valence-electron chi connectivity index (χ3n) is 2.88. The summed E-state index contributed by atoms with van der Waals surface area (Å²) in [7, 11) is 0. The van der Waals surface area contributed by atoms with Gasteiger partial charge in [-0.25, -0.2) is 0 Å². The number of likely N-dealkylation sites (tertiary alicyclic amines) is 1. The molecule has 0 aromatic carbocycles. The average Bonchev–Trinajstić information content (AvgIpc) is 2.27. The minimum absolute atomic E-state index is 0.273. The molecule has 0 aromatic heterocycles. The molecule has 1 saturated heterocycles. The quantitative estimate of drug-likeness (QED) is 0.700. The molecule has 0 N–H and O–H groups in total. The van der Waals surface area contributed by atoms with E-state index in [1.165, 1.54) is 0 Å². The second kappa shape index (κ2) is 6.83. The fourth-order valence-corrected chi connectivity index (χ4v) is 2.02. The summed E-state index contributed by atoms with van der Waals surface area (Å²) in [6, 6.07) is 0. The Morgan fingerprint density at radius 3 is 2.93 bits per heavy atom. The number of carbonyl (C=O) groups excluding carboxylic acids is 1. The van der Waals surface area contributed by atoms with E-state index >= 15 is 0 Å². The van der Waals surface area contributed by atoms with Crippen LogP contribution in [0.15, 0.2) is 0 Å². The van der Waals surface area contributed by atoms with Crippen LogP contribution in [-0.4, -0.2) is 36.6 Å². The molecule has 3 nitrogen and oxygen atoms in total. The number of ether oxygens (including phenoxy) is 1. The lowest BCUT2D eigenvalue weighted by Gasteiger charge is -2.32. The largest absolute Gasteiger partial charge is 0.377 e. The normalized spacial score (nSPS) is 21.7. The van der Waals surface area contributed by atoms with E-state index in [2.05, 4.69) is 6.92 Å². The maximum absolute atomic E-state index is 11.8. The maximum Gasteiger partial charge on any atom is 0.222 e. The molecule has 0 spiro atoms. The van der Waals surface area contributed by atoms with Crippen LogP contribution in [-0.2, 0) is 9.53 Å². The highest BCUT2D eigenvalue weighted by atomic mass is 16.5. The van der Waals surface area contributed by atoms with Crippen molar-refractivity contribution in [1.29, 1.82) is 0 Å². The molecule has 3 heteroatoms. The Hall–Kier alpha value is -0.570. The van der Waals surface area contributed by atoms with E-state index in [0.717, 1.165) is 45.4 Å². The number of amides is 1. The summed E-state index contributed by atoms with van der Waals surface area (Å²) in [5, 5.41) is 0. The molecule has 1 atom stereocenters. The Labute approximate surface area is 92.8 Å². The molecule has 0 radical (unpaired) electrons. The summed E-state index contributed by atoms with van der Waals surface area (Å²) < 4.78 is 5.57. The third kappa shape index (κ3) is 4.20. The number of unbranched alkanes of at least 4 members (excludes halogenated alkanes) is 1. The molecule has 1 amide bonds. The van der Waals surface area contributed by atoms with E-state index < -0.39 is 0 Å². The van der Waals surface area contributed by atoms with Crippen molar-refractivity contribution in [2.24, 2.45) is 0 Å². The van der Waals surface area contributed by atoms with Crippen LogP contribution in [0.5, 0.6) is 0 Å². The molecule has 0 saturated carbocycles. The molecule has 88 valence electrons. The Morgan fingerprint density at radius 2 is 2.27 bits per heavy atom. The Balaban J connectivity index is 2.31. The van der Waals surface area contributed by atoms with Crippen LogP contribution in [0.25, 0.3) is 0 Å². The number of hydrogen-bond acceptors (Lipinski definition) is 2. The predicted molar refractivity (Wildman–Crippen MR) is 60.8 cm³/mol. The molecule has 1 heterocycles. The molecule has 1 fully saturated rings. The van der Waals surface area contributed by atoms with Crippen LogP contribution in [0.3, 0.4) is 0 Å².